The number of benzene rings is 7. The Hall–Kier alpha value is -12.1. The van der Waals surface area contributed by atoms with Gasteiger partial charge in [0.25, 0.3) is 5.24 Å². The third-order valence-electron chi connectivity index (χ3n) is 15.1. The molecule has 13 aromatic rings. The van der Waals surface area contributed by atoms with Crippen LogP contribution < -0.4 is 58.4 Å². The maximum absolute atomic E-state index is 13.2. The first kappa shape index (κ1) is 100. The van der Waals surface area contributed by atoms with Gasteiger partial charge in [-0.15, -0.1) is 74.2 Å². The van der Waals surface area contributed by atoms with Gasteiger partial charge in [-0.2, -0.15) is 5.10 Å². The number of thiocarbonyl (C=S) groups is 1. The molecule has 0 unspecified atom stereocenters. The Morgan fingerprint density at radius 3 is 1.27 bits per heavy atom. The molecule has 6 aromatic heterocycles. The highest BCUT2D eigenvalue weighted by Crippen LogP contribution is 2.27. The predicted molar refractivity (Wildman–Crippen MR) is 479 cm³/mol. The molecule has 0 saturated carbocycles. The molecule has 0 spiro atoms. The zero-order chi connectivity index (χ0) is 89.5. The Kier molecular flexibility index (Phi) is 45.2. The van der Waals surface area contributed by atoms with Crippen LogP contribution >= 0.6 is 94.2 Å². The summed E-state index contributed by atoms with van der Waals surface area (Å²) in [6.45, 7) is 10.0. The van der Waals surface area contributed by atoms with Gasteiger partial charge in [0.15, 0.2) is 43.5 Å². The SMILES string of the molecule is CCNC(=S)NN.CCn1c(-c2ccc(F)cc2)n[nH]c1=S.CCn1c(SCC(=O)Nc2ccc(-c3ccc(OC)cc3)nn2)nnc1-c1ccc(F)cc1.COc1ccc(-c2ccc(N)nn2)cc1.COc1ccc(-c2ccc(NC(=O)CCl)nn2)cc1.Cc1ccc(B(O)O)cc1.Nc1ccc(Cl)nn1.O=C(Cl)CCl.O=C(Cl)c1ccc(F)cc1. The second-order valence-corrected chi connectivity index (χ2v) is 27.1. The second kappa shape index (κ2) is 54.9. The molecular weight excluding hydrogens is 1740 g/mol. The van der Waals surface area contributed by atoms with E-state index in [0.29, 0.717) is 78.2 Å². The number of carbonyl (C=O) groups excluding carboxylic acids is 4. The molecule has 0 fully saturated rings. The number of amides is 2. The number of hydrogen-bond donors (Lipinski definition) is 10. The van der Waals surface area contributed by atoms with Crippen molar-refractivity contribution in [2.75, 3.05) is 67.5 Å². The predicted octanol–water partition coefficient (Wildman–Crippen LogP) is 14.1. The number of thioether (sulfide) groups is 1. The number of alkyl halides is 2. The van der Waals surface area contributed by atoms with E-state index in [2.05, 4.69) is 94.8 Å². The fourth-order valence-corrected chi connectivity index (χ4v) is 10.7. The molecule has 0 aliphatic heterocycles. The summed E-state index contributed by atoms with van der Waals surface area (Å²) in [6, 6.07) is 60.7. The van der Waals surface area contributed by atoms with Crippen molar-refractivity contribution in [3.63, 3.8) is 0 Å². The van der Waals surface area contributed by atoms with Crippen LogP contribution in [0.2, 0.25) is 5.15 Å². The molecule has 13 N–H and O–H groups in total. The zero-order valence-corrected chi connectivity index (χ0v) is 72.4. The van der Waals surface area contributed by atoms with Gasteiger partial charge in [0.05, 0.1) is 50.0 Å². The minimum Gasteiger partial charge on any atom is -0.497 e. The topological polar surface area (TPSA) is 430 Å². The Labute approximate surface area is 740 Å². The first-order valence-electron chi connectivity index (χ1n) is 35.8. The van der Waals surface area contributed by atoms with Crippen molar-refractivity contribution in [2.24, 2.45) is 5.84 Å². The molecule has 2 amide bonds. The molecule has 30 nitrogen and oxygen atoms in total. The van der Waals surface area contributed by atoms with Gasteiger partial charge in [0.2, 0.25) is 17.1 Å². The van der Waals surface area contributed by atoms with Gasteiger partial charge in [-0.1, -0.05) is 53.2 Å². The van der Waals surface area contributed by atoms with Crippen LogP contribution in [0.5, 0.6) is 17.2 Å². The molecule has 0 aliphatic rings. The summed E-state index contributed by atoms with van der Waals surface area (Å²) < 4.78 is 57.8. The highest BCUT2D eigenvalue weighted by molar-refractivity contribution is 7.99. The molecule has 6 heterocycles. The van der Waals surface area contributed by atoms with E-state index in [4.69, 9.17) is 112 Å². The van der Waals surface area contributed by atoms with Crippen LogP contribution in [0.25, 0.3) is 56.5 Å². The first-order chi connectivity index (χ1) is 58.6. The van der Waals surface area contributed by atoms with E-state index < -0.39 is 17.6 Å². The lowest BCUT2D eigenvalue weighted by Crippen LogP contribution is -2.39. The summed E-state index contributed by atoms with van der Waals surface area (Å²) in [6.07, 6.45) is 0. The number of nitrogens with two attached hydrogens (primary N) is 3. The van der Waals surface area contributed by atoms with Gasteiger partial charge in [-0.3, -0.25) is 24.3 Å². The molecule has 0 radical (unpaired) electrons. The standard InChI is InChI=1S/C23H21FN6O2S.C13H12ClN3O2.C11H11N3O.C10H10FN3S.C7H9BO2.C7H4ClFO.C4H4ClN3.C3H9N3S.C2H2Cl2O/c1-3-30-22(16-4-8-17(24)9-5-16)28-29-23(30)33-14-21(31)25-20-13-12-19(26-27-20)15-6-10-18(32-2)11-7-15;1-19-10-4-2-9(3-5-10)11-6-7-12(17-16-11)15-13(18)8-14;1-15-9-4-2-8(3-5-9)10-6-7-11(12)14-13-10;1-2-14-9(12-13-10(14)15)7-3-5-8(11)6-4-7;1-6-2-4-7(5-3-6)8(9)10;8-7(10)5-1-3-6(9)4-2-5;5-3-1-2-4(6)8-7-3;1-2-5-3(7)6-4;3-1-2(4)5/h4-13H,3,14H2,1-2H3,(H,25,27,31);2-7H,8H2,1H3,(H,15,17,18);2-7H,1H3,(H2,12,14);3-6H,2H2,1H3,(H,13,15);2-5,9-10H,1H3;1-4H;1-2H,(H2,6,8);2,4H2,1H3,(H2,5,6,7);1H2. The van der Waals surface area contributed by atoms with E-state index in [9.17, 15) is 32.3 Å². The Balaban J connectivity index is 0.000000259. The van der Waals surface area contributed by atoms with Crippen LogP contribution in [0.4, 0.5) is 36.4 Å². The summed E-state index contributed by atoms with van der Waals surface area (Å²) in [7, 11) is 3.52. The summed E-state index contributed by atoms with van der Waals surface area (Å²) in [4.78, 5) is 43.3. The molecule has 42 heteroatoms. The van der Waals surface area contributed by atoms with Crippen LogP contribution in [0.1, 0.15) is 36.7 Å². The number of hydrazine groups is 1. The number of methoxy groups -OCH3 is 3. The van der Waals surface area contributed by atoms with Crippen molar-refractivity contribution in [2.45, 2.75) is 45.9 Å². The fraction of sp³-hybridized carbons (Fsp3) is 0.163. The van der Waals surface area contributed by atoms with Crippen LogP contribution in [-0.2, 0) is 27.5 Å². The number of ether oxygens (including phenoxy) is 3. The third-order valence-corrected chi connectivity index (χ3v) is 17.9. The first-order valence-corrected chi connectivity index (χ1v) is 39.8. The summed E-state index contributed by atoms with van der Waals surface area (Å²) >= 11 is 36.3. The highest BCUT2D eigenvalue weighted by atomic mass is 35.5. The van der Waals surface area contributed by atoms with E-state index in [-0.39, 0.29) is 46.8 Å². The smallest absolute Gasteiger partial charge is 0.488 e. The number of aryl methyl sites for hydroxylation is 1. The summed E-state index contributed by atoms with van der Waals surface area (Å²) in [5, 5.41) is 72.0. The third kappa shape index (κ3) is 36.4. The molecular formula is C80H82BCl5F3N21O9S3. The van der Waals surface area contributed by atoms with Crippen LogP contribution in [0.15, 0.2) is 224 Å². The van der Waals surface area contributed by atoms with E-state index in [1.165, 1.54) is 60.3 Å². The Morgan fingerprint density at radius 2 is 0.926 bits per heavy atom. The lowest BCUT2D eigenvalue weighted by molar-refractivity contribution is -0.114. The molecule has 7 aromatic carbocycles. The Morgan fingerprint density at radius 1 is 0.516 bits per heavy atom. The second-order valence-electron chi connectivity index (χ2n) is 23.7. The number of halogens is 8. The summed E-state index contributed by atoms with van der Waals surface area (Å²) in [5.74, 6) is 8.61. The number of hydrogen-bond acceptors (Lipinski definition) is 26. The van der Waals surface area contributed by atoms with Crippen LogP contribution in [0.3, 0.4) is 0 Å². The molecule has 122 heavy (non-hydrogen) atoms. The van der Waals surface area contributed by atoms with Crippen molar-refractivity contribution in [3.05, 3.63) is 257 Å². The number of aromatic amines is 1. The van der Waals surface area contributed by atoms with E-state index in [1.807, 2.05) is 128 Å². The number of rotatable bonds is 20. The van der Waals surface area contributed by atoms with Gasteiger partial charge in [-0.25, -0.2) is 19.0 Å². The largest absolute Gasteiger partial charge is 0.497 e. The van der Waals surface area contributed by atoms with Crippen LogP contribution in [-0.4, -0.2) is 160 Å². The number of carbonyl (C=O) groups is 4. The monoisotopic (exact) mass is 1820 g/mol. The quantitative estimate of drug-likeness (QED) is 0.00644. The minimum atomic E-state index is -1.35. The number of nitrogens with zero attached hydrogens (tertiary/aromatic N) is 13. The van der Waals surface area contributed by atoms with E-state index in [0.717, 1.165) is 75.2 Å². The number of H-pyrrole nitrogens is 1. The van der Waals surface area contributed by atoms with Crippen molar-refractivity contribution >= 4 is 157 Å². The normalized spacial score (nSPS) is 9.89. The van der Waals surface area contributed by atoms with Crippen molar-refractivity contribution in [3.8, 4) is 73.8 Å². The minimum absolute atomic E-state index is 0.0957. The van der Waals surface area contributed by atoms with Crippen molar-refractivity contribution < 1.29 is 56.6 Å². The highest BCUT2D eigenvalue weighted by Gasteiger charge is 2.17. The molecule has 638 valence electrons. The van der Waals surface area contributed by atoms with Gasteiger partial charge in [-0.05, 0) is 275 Å². The van der Waals surface area contributed by atoms with Gasteiger partial charge in [0.1, 0.15) is 52.2 Å². The summed E-state index contributed by atoms with van der Waals surface area (Å²) in [5.41, 5.74) is 21.5. The molecule has 0 aliphatic carbocycles. The average Bonchev–Trinajstić information content (AvgIpc) is 1.66. The number of anilines is 4. The maximum atomic E-state index is 13.2. The van der Waals surface area contributed by atoms with Gasteiger partial charge >= 0.3 is 7.12 Å². The number of aromatic nitrogens is 14. The Bertz CT molecular complexity index is 5360. The molecule has 13 rings (SSSR count). The van der Waals surface area contributed by atoms with Gasteiger partial charge < -0.3 is 66.2 Å². The lowest BCUT2D eigenvalue weighted by Gasteiger charge is -2.08. The van der Waals surface area contributed by atoms with Crippen molar-refractivity contribution in [1.29, 1.82) is 0 Å². The number of nitrogens with one attached hydrogen (secondary N) is 5. The lowest BCUT2D eigenvalue weighted by atomic mass is 9.80. The zero-order valence-electron chi connectivity index (χ0n) is 66.2. The van der Waals surface area contributed by atoms with Crippen molar-refractivity contribution in [1.82, 2.24) is 81.1 Å². The molecule has 0 atom stereocenters. The van der Waals surface area contributed by atoms with Crippen LogP contribution in [0, 0.1) is 29.1 Å². The average molecular weight is 1820 g/mol. The fourth-order valence-electron chi connectivity index (χ4n) is 9.15. The van der Waals surface area contributed by atoms with E-state index in [1.54, 1.807) is 100 Å². The van der Waals surface area contributed by atoms with E-state index >= 15 is 0 Å². The van der Waals surface area contributed by atoms with Gasteiger partial charge in [0, 0.05) is 53.0 Å². The molecule has 0 bridgehead atoms. The molecule has 0 saturated heterocycles. The number of nitrogen functional groups attached to an aromatic ring is 2. The maximum Gasteiger partial charge on any atom is 0.488 e.